The van der Waals surface area contributed by atoms with Crippen molar-refractivity contribution in [1.29, 1.82) is 0 Å². The van der Waals surface area contributed by atoms with Gasteiger partial charge in [-0.1, -0.05) is 32.0 Å². The number of piperidine rings is 1. The van der Waals surface area contributed by atoms with E-state index in [4.69, 9.17) is 14.7 Å². The zero-order valence-electron chi connectivity index (χ0n) is 18.0. The first-order valence-corrected chi connectivity index (χ1v) is 11.0. The number of anilines is 1. The lowest BCUT2D eigenvalue weighted by Crippen LogP contribution is -2.36. The van der Waals surface area contributed by atoms with Crippen LogP contribution >= 0.6 is 0 Å². The number of hydrogen-bond donors (Lipinski definition) is 0. The third-order valence-electron chi connectivity index (χ3n) is 6.11. The molecule has 1 fully saturated rings. The van der Waals surface area contributed by atoms with E-state index in [0.29, 0.717) is 5.95 Å². The molecule has 31 heavy (non-hydrogen) atoms. The van der Waals surface area contributed by atoms with Crippen LogP contribution in [0.15, 0.2) is 67.0 Å². The molecule has 6 nitrogen and oxygen atoms in total. The van der Waals surface area contributed by atoms with Crippen LogP contribution in [0.5, 0.6) is 11.5 Å². The SMILES string of the molecule is CC(C)C1CCN(c2nc(-n3cccn3)nc3cc(Oc4ccccc4)ccc23)CC1. The molecule has 4 aromatic rings. The van der Waals surface area contributed by atoms with Gasteiger partial charge in [0.15, 0.2) is 0 Å². The first-order valence-electron chi connectivity index (χ1n) is 11.0. The second-order valence-corrected chi connectivity index (χ2v) is 8.46. The van der Waals surface area contributed by atoms with Gasteiger partial charge >= 0.3 is 0 Å². The Morgan fingerprint density at radius 2 is 1.74 bits per heavy atom. The Morgan fingerprint density at radius 1 is 0.935 bits per heavy atom. The van der Waals surface area contributed by atoms with E-state index in [0.717, 1.165) is 53.1 Å². The van der Waals surface area contributed by atoms with Gasteiger partial charge in [0.1, 0.15) is 17.3 Å². The highest BCUT2D eigenvalue weighted by molar-refractivity contribution is 5.91. The Hall–Kier alpha value is -3.41. The van der Waals surface area contributed by atoms with E-state index in [1.165, 1.54) is 12.8 Å². The van der Waals surface area contributed by atoms with Crippen molar-refractivity contribution < 1.29 is 4.74 Å². The van der Waals surface area contributed by atoms with E-state index < -0.39 is 0 Å². The Bertz CT molecular complexity index is 1150. The number of hydrogen-bond acceptors (Lipinski definition) is 5. The molecule has 0 amide bonds. The molecule has 0 saturated carbocycles. The molecule has 1 aliphatic rings. The van der Waals surface area contributed by atoms with Gasteiger partial charge in [0.05, 0.1) is 5.52 Å². The predicted molar refractivity (Wildman–Crippen MR) is 123 cm³/mol. The summed E-state index contributed by atoms with van der Waals surface area (Å²) in [5.41, 5.74) is 0.856. The number of fused-ring (bicyclic) bond motifs is 1. The van der Waals surface area contributed by atoms with Crippen LogP contribution in [-0.2, 0) is 0 Å². The smallest absolute Gasteiger partial charge is 0.253 e. The normalized spacial score (nSPS) is 15.0. The van der Waals surface area contributed by atoms with Crippen LogP contribution in [0.3, 0.4) is 0 Å². The number of para-hydroxylation sites is 1. The number of ether oxygens (including phenoxy) is 1. The van der Waals surface area contributed by atoms with E-state index >= 15 is 0 Å². The quantitative estimate of drug-likeness (QED) is 0.434. The lowest BCUT2D eigenvalue weighted by Gasteiger charge is -2.35. The standard InChI is InChI=1S/C25H27N5O/c1-18(2)19-11-15-29(16-12-19)24-22-10-9-21(31-20-7-4-3-5-8-20)17-23(22)27-25(28-24)30-14-6-13-26-30/h3-10,13-14,17-19H,11-12,15-16H2,1-2H3. The van der Waals surface area contributed by atoms with E-state index in [1.807, 2.05) is 54.7 Å². The fourth-order valence-electron chi connectivity index (χ4n) is 4.28. The van der Waals surface area contributed by atoms with Crippen molar-refractivity contribution in [2.45, 2.75) is 26.7 Å². The third kappa shape index (κ3) is 4.10. The second-order valence-electron chi connectivity index (χ2n) is 8.46. The van der Waals surface area contributed by atoms with Crippen molar-refractivity contribution in [3.05, 3.63) is 67.0 Å². The van der Waals surface area contributed by atoms with Crippen molar-refractivity contribution in [1.82, 2.24) is 19.7 Å². The highest BCUT2D eigenvalue weighted by Gasteiger charge is 2.24. The average molecular weight is 414 g/mol. The van der Waals surface area contributed by atoms with Crippen molar-refractivity contribution in [2.24, 2.45) is 11.8 Å². The number of benzene rings is 2. The summed E-state index contributed by atoms with van der Waals surface area (Å²) in [6.45, 7) is 6.67. The van der Waals surface area contributed by atoms with Crippen LogP contribution in [0, 0.1) is 11.8 Å². The van der Waals surface area contributed by atoms with Gasteiger partial charge in [-0.15, -0.1) is 0 Å². The Balaban J connectivity index is 1.54. The Labute approximate surface area is 182 Å². The van der Waals surface area contributed by atoms with Gasteiger partial charge in [0.2, 0.25) is 0 Å². The molecule has 0 N–H and O–H groups in total. The third-order valence-corrected chi connectivity index (χ3v) is 6.11. The maximum Gasteiger partial charge on any atom is 0.253 e. The maximum atomic E-state index is 6.05. The molecule has 0 radical (unpaired) electrons. The summed E-state index contributed by atoms with van der Waals surface area (Å²) in [6.07, 6.45) is 6.00. The molecule has 2 aromatic heterocycles. The van der Waals surface area contributed by atoms with Crippen molar-refractivity contribution in [2.75, 3.05) is 18.0 Å². The Kier molecular flexibility index (Phi) is 5.28. The minimum Gasteiger partial charge on any atom is -0.457 e. The number of aromatic nitrogens is 4. The van der Waals surface area contributed by atoms with Crippen molar-refractivity contribution in [3.8, 4) is 17.4 Å². The summed E-state index contributed by atoms with van der Waals surface area (Å²) in [5.74, 6) is 4.62. The fourth-order valence-corrected chi connectivity index (χ4v) is 4.28. The number of nitrogens with zero attached hydrogens (tertiary/aromatic N) is 5. The molecular formula is C25H27N5O. The van der Waals surface area contributed by atoms with Gasteiger partial charge in [-0.25, -0.2) is 9.67 Å². The largest absolute Gasteiger partial charge is 0.457 e. The molecule has 1 aliphatic heterocycles. The molecule has 5 rings (SSSR count). The van der Waals surface area contributed by atoms with E-state index in [2.05, 4.69) is 29.9 Å². The number of rotatable bonds is 5. The summed E-state index contributed by atoms with van der Waals surface area (Å²) in [6, 6.07) is 17.7. The topological polar surface area (TPSA) is 56.1 Å². The Morgan fingerprint density at radius 3 is 2.45 bits per heavy atom. The van der Waals surface area contributed by atoms with Gasteiger partial charge in [-0.2, -0.15) is 10.1 Å². The van der Waals surface area contributed by atoms with Crippen LogP contribution < -0.4 is 9.64 Å². The van der Waals surface area contributed by atoms with Crippen molar-refractivity contribution in [3.63, 3.8) is 0 Å². The van der Waals surface area contributed by atoms with Crippen LogP contribution in [0.1, 0.15) is 26.7 Å². The molecule has 0 spiro atoms. The molecule has 6 heteroatoms. The highest BCUT2D eigenvalue weighted by atomic mass is 16.5. The van der Waals surface area contributed by atoms with Crippen LogP contribution in [0.2, 0.25) is 0 Å². The summed E-state index contributed by atoms with van der Waals surface area (Å²) >= 11 is 0. The molecular weight excluding hydrogens is 386 g/mol. The van der Waals surface area contributed by atoms with E-state index in [-0.39, 0.29) is 0 Å². The first kappa shape index (κ1) is 19.5. The van der Waals surface area contributed by atoms with Gasteiger partial charge < -0.3 is 9.64 Å². The first-order chi connectivity index (χ1) is 15.2. The zero-order valence-corrected chi connectivity index (χ0v) is 18.0. The minimum atomic E-state index is 0.579. The summed E-state index contributed by atoms with van der Waals surface area (Å²) in [5, 5.41) is 5.39. The zero-order chi connectivity index (χ0) is 21.2. The molecule has 0 aliphatic carbocycles. The average Bonchev–Trinajstić information content (AvgIpc) is 3.34. The minimum absolute atomic E-state index is 0.579. The molecule has 1 saturated heterocycles. The second kappa shape index (κ2) is 8.38. The van der Waals surface area contributed by atoms with Gasteiger partial charge in [-0.05, 0) is 55.0 Å². The lowest BCUT2D eigenvalue weighted by molar-refractivity contribution is 0.311. The van der Waals surface area contributed by atoms with Crippen molar-refractivity contribution >= 4 is 16.7 Å². The summed E-state index contributed by atoms with van der Waals surface area (Å²) in [7, 11) is 0. The molecule has 0 unspecified atom stereocenters. The molecule has 0 bridgehead atoms. The molecule has 158 valence electrons. The van der Waals surface area contributed by atoms with Crippen LogP contribution in [-0.4, -0.2) is 32.8 Å². The maximum absolute atomic E-state index is 6.05. The van der Waals surface area contributed by atoms with E-state index in [1.54, 1.807) is 10.9 Å². The highest BCUT2D eigenvalue weighted by Crippen LogP contribution is 2.33. The van der Waals surface area contributed by atoms with Crippen LogP contribution in [0.4, 0.5) is 5.82 Å². The van der Waals surface area contributed by atoms with Gasteiger partial charge in [0, 0.05) is 36.9 Å². The summed E-state index contributed by atoms with van der Waals surface area (Å²) in [4.78, 5) is 12.1. The molecule has 2 aromatic carbocycles. The molecule has 0 atom stereocenters. The predicted octanol–water partition coefficient (Wildman–Crippen LogP) is 5.48. The van der Waals surface area contributed by atoms with Gasteiger partial charge in [-0.3, -0.25) is 0 Å². The monoisotopic (exact) mass is 413 g/mol. The van der Waals surface area contributed by atoms with E-state index in [9.17, 15) is 0 Å². The van der Waals surface area contributed by atoms with Crippen LogP contribution in [0.25, 0.3) is 16.9 Å². The lowest BCUT2D eigenvalue weighted by atomic mass is 9.86. The summed E-state index contributed by atoms with van der Waals surface area (Å²) < 4.78 is 7.76. The molecule has 3 heterocycles. The fraction of sp³-hybridized carbons (Fsp3) is 0.320. The van der Waals surface area contributed by atoms with Gasteiger partial charge in [0.25, 0.3) is 5.95 Å².